The maximum absolute atomic E-state index is 13.5. The van der Waals surface area contributed by atoms with Gasteiger partial charge >= 0.3 is 0 Å². The van der Waals surface area contributed by atoms with Gasteiger partial charge in [-0.05, 0) is 49.7 Å². The number of hydrogen-bond donors (Lipinski definition) is 0. The second-order valence-corrected chi connectivity index (χ2v) is 9.64. The maximum atomic E-state index is 13.5. The van der Waals surface area contributed by atoms with E-state index in [2.05, 4.69) is 19.1 Å². The van der Waals surface area contributed by atoms with Crippen molar-refractivity contribution in [1.29, 1.82) is 0 Å². The Morgan fingerprint density at radius 2 is 2.11 bits per heavy atom. The van der Waals surface area contributed by atoms with Gasteiger partial charge in [0.15, 0.2) is 5.16 Å². The summed E-state index contributed by atoms with van der Waals surface area (Å²) in [5.74, 6) is 1.09. The zero-order valence-electron chi connectivity index (χ0n) is 16.2. The lowest BCUT2D eigenvalue weighted by molar-refractivity contribution is -0.114. The van der Waals surface area contributed by atoms with Crippen LogP contribution in [-0.2, 0) is 30.6 Å². The molecule has 4 rings (SSSR count). The first kappa shape index (κ1) is 19.4. The van der Waals surface area contributed by atoms with E-state index in [-0.39, 0.29) is 11.3 Å². The van der Waals surface area contributed by atoms with Crippen LogP contribution in [0.2, 0.25) is 0 Å². The molecule has 0 aliphatic heterocycles. The van der Waals surface area contributed by atoms with Gasteiger partial charge in [0.1, 0.15) is 10.6 Å². The van der Waals surface area contributed by atoms with E-state index >= 15 is 0 Å². The molecule has 0 amide bonds. The van der Waals surface area contributed by atoms with Gasteiger partial charge in [-0.2, -0.15) is 0 Å². The number of aromatic nitrogens is 2. The number of Topliss-reactive ketones (excluding diaryl/α,β-unsaturated/α-hetero) is 1. The number of thioether (sulfide) groups is 1. The minimum Gasteiger partial charge on any atom is -0.299 e. The van der Waals surface area contributed by atoms with Gasteiger partial charge in [0.25, 0.3) is 5.56 Å². The molecule has 0 saturated heterocycles. The monoisotopic (exact) mass is 412 g/mol. The van der Waals surface area contributed by atoms with E-state index < -0.39 is 0 Å². The lowest BCUT2D eigenvalue weighted by Gasteiger charge is -2.17. The Balaban J connectivity index is 1.77. The predicted octanol–water partition coefficient (Wildman–Crippen LogP) is 4.51. The molecule has 4 nitrogen and oxygen atoms in total. The molecule has 28 heavy (non-hydrogen) atoms. The Morgan fingerprint density at radius 1 is 1.32 bits per heavy atom. The summed E-state index contributed by atoms with van der Waals surface area (Å²) >= 11 is 3.04. The summed E-state index contributed by atoms with van der Waals surface area (Å²) in [6.07, 6.45) is 3.90. The smallest absolute Gasteiger partial charge is 0.263 e. The van der Waals surface area contributed by atoms with Gasteiger partial charge in [0.05, 0.1) is 11.1 Å². The van der Waals surface area contributed by atoms with E-state index in [0.29, 0.717) is 23.4 Å². The number of carbonyl (C=O) groups is 1. The zero-order chi connectivity index (χ0) is 19.7. The van der Waals surface area contributed by atoms with Crippen LogP contribution < -0.4 is 5.56 Å². The molecule has 0 spiro atoms. The van der Waals surface area contributed by atoms with Crippen LogP contribution in [0.25, 0.3) is 10.2 Å². The standard InChI is InChI=1S/C22H24N2O2S2/c1-14-8-9-17-18(12-14)28-20-19(17)21(26)24(22(23-20)27-13-15(2)25)11-10-16-6-4-3-5-7-16/h3-7,14H,8-13H2,1-2H3. The van der Waals surface area contributed by atoms with E-state index in [1.807, 2.05) is 18.2 Å². The summed E-state index contributed by atoms with van der Waals surface area (Å²) in [6, 6.07) is 10.2. The Kier molecular flexibility index (Phi) is 5.69. The molecule has 0 fully saturated rings. The SMILES string of the molecule is CC(=O)CSc1nc2sc3c(c2c(=O)n1CCc1ccccc1)CCC(C)C3. The summed E-state index contributed by atoms with van der Waals surface area (Å²) < 4.78 is 1.79. The van der Waals surface area contributed by atoms with Crippen molar-refractivity contribution in [3.05, 3.63) is 56.7 Å². The second kappa shape index (κ2) is 8.21. The van der Waals surface area contributed by atoms with Crippen LogP contribution in [0.3, 0.4) is 0 Å². The van der Waals surface area contributed by atoms with Crippen molar-refractivity contribution >= 4 is 39.1 Å². The predicted molar refractivity (Wildman–Crippen MR) is 117 cm³/mol. The number of benzene rings is 1. The minimum atomic E-state index is 0.0547. The first-order valence-corrected chi connectivity index (χ1v) is 11.5. The second-order valence-electron chi connectivity index (χ2n) is 7.61. The topological polar surface area (TPSA) is 52.0 Å². The largest absolute Gasteiger partial charge is 0.299 e. The molecule has 146 valence electrons. The highest BCUT2D eigenvalue weighted by Crippen LogP contribution is 2.36. The van der Waals surface area contributed by atoms with Crippen LogP contribution in [0.5, 0.6) is 0 Å². The molecule has 1 aliphatic rings. The third-order valence-corrected chi connectivity index (χ3v) is 7.52. The highest BCUT2D eigenvalue weighted by molar-refractivity contribution is 7.99. The number of nitrogens with zero attached hydrogens (tertiary/aromatic N) is 2. The van der Waals surface area contributed by atoms with Gasteiger partial charge in [0, 0.05) is 11.4 Å². The van der Waals surface area contributed by atoms with Gasteiger partial charge in [-0.3, -0.25) is 14.2 Å². The van der Waals surface area contributed by atoms with Gasteiger partial charge in [-0.25, -0.2) is 4.98 Å². The molecule has 0 saturated carbocycles. The summed E-state index contributed by atoms with van der Waals surface area (Å²) in [4.78, 5) is 32.0. The lowest BCUT2D eigenvalue weighted by Crippen LogP contribution is -2.25. The maximum Gasteiger partial charge on any atom is 0.263 e. The van der Waals surface area contributed by atoms with Crippen LogP contribution in [0.4, 0.5) is 0 Å². The number of thiophene rings is 1. The van der Waals surface area contributed by atoms with Crippen LogP contribution in [0.1, 0.15) is 36.3 Å². The van der Waals surface area contributed by atoms with E-state index in [9.17, 15) is 9.59 Å². The fourth-order valence-electron chi connectivity index (χ4n) is 3.76. The minimum absolute atomic E-state index is 0.0547. The van der Waals surface area contributed by atoms with Crippen molar-refractivity contribution < 1.29 is 4.79 Å². The van der Waals surface area contributed by atoms with Crippen LogP contribution in [0, 0.1) is 5.92 Å². The molecule has 1 unspecified atom stereocenters. The first-order chi connectivity index (χ1) is 13.5. The number of hydrogen-bond acceptors (Lipinski definition) is 5. The van der Waals surface area contributed by atoms with E-state index in [1.54, 1.807) is 22.8 Å². The highest BCUT2D eigenvalue weighted by atomic mass is 32.2. The molecule has 1 atom stereocenters. The molecular formula is C22H24N2O2S2. The lowest BCUT2D eigenvalue weighted by atomic mass is 9.89. The molecule has 0 bridgehead atoms. The van der Waals surface area contributed by atoms with Crippen molar-refractivity contribution in [2.75, 3.05) is 5.75 Å². The van der Waals surface area contributed by atoms with Crippen molar-refractivity contribution in [3.8, 4) is 0 Å². The average Bonchev–Trinajstić information content (AvgIpc) is 3.04. The molecule has 1 aromatic carbocycles. The molecule has 6 heteroatoms. The number of fused-ring (bicyclic) bond motifs is 3. The van der Waals surface area contributed by atoms with E-state index in [4.69, 9.17) is 4.98 Å². The number of rotatable bonds is 6. The molecule has 2 heterocycles. The third-order valence-electron chi connectivity index (χ3n) is 5.25. The fraction of sp³-hybridized carbons (Fsp3) is 0.409. The van der Waals surface area contributed by atoms with Crippen LogP contribution >= 0.6 is 23.1 Å². The molecule has 0 N–H and O–H groups in total. The van der Waals surface area contributed by atoms with Crippen molar-refractivity contribution in [1.82, 2.24) is 9.55 Å². The van der Waals surface area contributed by atoms with Crippen molar-refractivity contribution in [3.63, 3.8) is 0 Å². The Hall–Kier alpha value is -1.92. The van der Waals surface area contributed by atoms with Gasteiger partial charge in [-0.15, -0.1) is 11.3 Å². The van der Waals surface area contributed by atoms with Crippen LogP contribution in [0.15, 0.2) is 40.3 Å². The van der Waals surface area contributed by atoms with Crippen LogP contribution in [-0.4, -0.2) is 21.1 Å². The molecule has 0 radical (unpaired) electrons. The highest BCUT2D eigenvalue weighted by Gasteiger charge is 2.24. The van der Waals surface area contributed by atoms with Crippen molar-refractivity contribution in [2.45, 2.75) is 51.2 Å². The Bertz CT molecular complexity index is 1070. The van der Waals surface area contributed by atoms with E-state index in [1.165, 1.54) is 27.8 Å². The average molecular weight is 413 g/mol. The first-order valence-electron chi connectivity index (χ1n) is 9.74. The van der Waals surface area contributed by atoms with E-state index in [0.717, 1.165) is 35.9 Å². The summed E-state index contributed by atoms with van der Waals surface area (Å²) in [6.45, 7) is 4.42. The van der Waals surface area contributed by atoms with Gasteiger partial charge in [0.2, 0.25) is 0 Å². The fourth-order valence-corrected chi connectivity index (χ4v) is 6.01. The quantitative estimate of drug-likeness (QED) is 0.442. The number of carbonyl (C=O) groups excluding carboxylic acids is 1. The summed E-state index contributed by atoms with van der Waals surface area (Å²) in [5, 5.41) is 1.47. The Labute approximate surface area is 173 Å². The zero-order valence-corrected chi connectivity index (χ0v) is 17.9. The normalized spacial score (nSPS) is 16.3. The summed E-state index contributed by atoms with van der Waals surface area (Å²) in [5.41, 5.74) is 2.46. The molecular weight excluding hydrogens is 388 g/mol. The molecule has 3 aromatic rings. The molecule has 2 aromatic heterocycles. The number of ketones is 1. The van der Waals surface area contributed by atoms with Gasteiger partial charge in [-0.1, -0.05) is 49.0 Å². The van der Waals surface area contributed by atoms with Gasteiger partial charge < -0.3 is 0 Å². The summed E-state index contributed by atoms with van der Waals surface area (Å²) in [7, 11) is 0. The number of aryl methyl sites for hydroxylation is 2. The van der Waals surface area contributed by atoms with Crippen molar-refractivity contribution in [2.24, 2.45) is 5.92 Å². The Morgan fingerprint density at radius 3 is 2.86 bits per heavy atom. The third kappa shape index (κ3) is 3.94. The molecule has 1 aliphatic carbocycles.